The number of hydrazine groups is 1. The van der Waals surface area contributed by atoms with Gasteiger partial charge in [-0.15, -0.1) is 4.83 Å². The molecule has 1 aromatic heterocycles. The van der Waals surface area contributed by atoms with Gasteiger partial charge in [0.25, 0.3) is 10.0 Å². The lowest BCUT2D eigenvalue weighted by molar-refractivity contribution is -0.114. The van der Waals surface area contributed by atoms with E-state index in [4.69, 9.17) is 9.15 Å². The van der Waals surface area contributed by atoms with Gasteiger partial charge in [0, 0.05) is 12.6 Å². The number of hydrogen-bond acceptors (Lipinski definition) is 6. The summed E-state index contributed by atoms with van der Waals surface area (Å²) in [6, 6.07) is 17.5. The minimum Gasteiger partial charge on any atom is -0.486 e. The molecule has 1 heterocycles. The molecule has 0 aliphatic rings. The zero-order valence-electron chi connectivity index (χ0n) is 15.9. The van der Waals surface area contributed by atoms with Gasteiger partial charge >= 0.3 is 5.91 Å². The molecule has 0 fully saturated rings. The van der Waals surface area contributed by atoms with Crippen molar-refractivity contribution in [3.8, 4) is 5.75 Å². The number of sulfonamides is 1. The zero-order valence-corrected chi connectivity index (χ0v) is 16.7. The normalized spacial score (nSPS) is 11.0. The number of carbonyl (C=O) groups is 2. The third-order valence-electron chi connectivity index (χ3n) is 3.79. The van der Waals surface area contributed by atoms with Gasteiger partial charge in [-0.3, -0.25) is 15.0 Å². The van der Waals surface area contributed by atoms with Crippen molar-refractivity contribution >= 4 is 27.5 Å². The van der Waals surface area contributed by atoms with Crippen molar-refractivity contribution in [3.05, 3.63) is 78.3 Å². The van der Waals surface area contributed by atoms with Crippen LogP contribution in [0.25, 0.3) is 0 Å². The topological polar surface area (TPSA) is 127 Å². The summed E-state index contributed by atoms with van der Waals surface area (Å²) in [6.45, 7) is 1.46. The number of nitrogens with one attached hydrogen (secondary N) is 3. The minimum absolute atomic E-state index is 0.0784. The smallest absolute Gasteiger partial charge is 0.301 e. The second kappa shape index (κ2) is 9.25. The molecule has 0 saturated carbocycles. The molecule has 156 valence electrons. The van der Waals surface area contributed by atoms with E-state index in [-0.39, 0.29) is 23.2 Å². The lowest BCUT2D eigenvalue weighted by Gasteiger charge is -2.08. The van der Waals surface area contributed by atoms with E-state index in [0.29, 0.717) is 17.2 Å². The van der Waals surface area contributed by atoms with Gasteiger partial charge in [-0.1, -0.05) is 18.2 Å². The quantitative estimate of drug-likeness (QED) is 0.472. The van der Waals surface area contributed by atoms with Gasteiger partial charge < -0.3 is 14.5 Å². The second-order valence-corrected chi connectivity index (χ2v) is 7.82. The summed E-state index contributed by atoms with van der Waals surface area (Å²) in [5, 5.41) is 2.53. The van der Waals surface area contributed by atoms with E-state index in [1.807, 2.05) is 23.0 Å². The van der Waals surface area contributed by atoms with Crippen LogP contribution in [0.2, 0.25) is 0 Å². The van der Waals surface area contributed by atoms with Gasteiger partial charge in [0.05, 0.1) is 4.90 Å². The fourth-order valence-corrected chi connectivity index (χ4v) is 3.24. The van der Waals surface area contributed by atoms with Crippen molar-refractivity contribution in [3.63, 3.8) is 0 Å². The summed E-state index contributed by atoms with van der Waals surface area (Å²) in [5.74, 6) is -0.0645. The molecule has 0 aliphatic heterocycles. The van der Waals surface area contributed by atoms with E-state index in [1.165, 1.54) is 37.3 Å². The number of hydrogen-bond donors (Lipinski definition) is 3. The van der Waals surface area contributed by atoms with E-state index in [2.05, 4.69) is 10.7 Å². The Bertz CT molecular complexity index is 1120. The summed E-state index contributed by atoms with van der Waals surface area (Å²) in [4.78, 5) is 25.1. The standard InChI is InChI=1S/C20H19N3O6S/c1-14(24)21-15-7-10-18(11-8-15)30(26,27)23-22-20(25)19-12-9-17(29-19)13-28-16-5-3-2-4-6-16/h2-12,23H,13H2,1H3,(H,21,24)(H,22,25). The molecule has 0 spiro atoms. The van der Waals surface area contributed by atoms with Gasteiger partial charge in [-0.25, -0.2) is 8.42 Å². The number of ether oxygens (including phenoxy) is 1. The Kier molecular flexibility index (Phi) is 6.50. The molecule has 9 nitrogen and oxygen atoms in total. The van der Waals surface area contributed by atoms with Crippen LogP contribution >= 0.6 is 0 Å². The van der Waals surface area contributed by atoms with Crippen LogP contribution in [-0.4, -0.2) is 20.2 Å². The van der Waals surface area contributed by atoms with Crippen LogP contribution in [0.5, 0.6) is 5.75 Å². The van der Waals surface area contributed by atoms with E-state index < -0.39 is 15.9 Å². The largest absolute Gasteiger partial charge is 0.486 e. The Morgan fingerprint density at radius 3 is 2.33 bits per heavy atom. The molecule has 0 bridgehead atoms. The Balaban J connectivity index is 1.55. The number of carbonyl (C=O) groups excluding carboxylic acids is 2. The third kappa shape index (κ3) is 5.69. The van der Waals surface area contributed by atoms with E-state index in [9.17, 15) is 18.0 Å². The number of para-hydroxylation sites is 1. The van der Waals surface area contributed by atoms with Crippen molar-refractivity contribution in [2.75, 3.05) is 5.32 Å². The van der Waals surface area contributed by atoms with E-state index in [0.717, 1.165) is 0 Å². The predicted octanol–water partition coefficient (Wildman–Crippen LogP) is 2.44. The average Bonchev–Trinajstić information content (AvgIpc) is 3.20. The molecule has 30 heavy (non-hydrogen) atoms. The van der Waals surface area contributed by atoms with Crippen molar-refractivity contribution in [2.45, 2.75) is 18.4 Å². The Hall–Kier alpha value is -3.63. The number of amides is 2. The van der Waals surface area contributed by atoms with E-state index in [1.54, 1.807) is 18.2 Å². The summed E-state index contributed by atoms with van der Waals surface area (Å²) in [5.41, 5.74) is 2.54. The first-order valence-corrected chi connectivity index (χ1v) is 10.3. The van der Waals surface area contributed by atoms with Crippen molar-refractivity contribution in [2.24, 2.45) is 0 Å². The fraction of sp³-hybridized carbons (Fsp3) is 0.100. The number of benzene rings is 2. The van der Waals surface area contributed by atoms with Gasteiger partial charge in [0.15, 0.2) is 5.76 Å². The molecule has 3 rings (SSSR count). The third-order valence-corrected chi connectivity index (χ3v) is 5.06. The van der Waals surface area contributed by atoms with Gasteiger partial charge in [-0.05, 0) is 48.5 Å². The van der Waals surface area contributed by atoms with Crippen LogP contribution in [0.4, 0.5) is 5.69 Å². The average molecular weight is 429 g/mol. The van der Waals surface area contributed by atoms with Crippen molar-refractivity contribution in [1.29, 1.82) is 0 Å². The van der Waals surface area contributed by atoms with Gasteiger partial charge in [-0.2, -0.15) is 0 Å². The molecule has 0 saturated heterocycles. The first kappa shape index (κ1) is 21.1. The number of anilines is 1. The maximum Gasteiger partial charge on any atom is 0.301 e. The van der Waals surface area contributed by atoms with Crippen molar-refractivity contribution < 1.29 is 27.2 Å². The summed E-state index contributed by atoms with van der Waals surface area (Å²) < 4.78 is 35.5. The van der Waals surface area contributed by atoms with Crippen LogP contribution in [0.3, 0.4) is 0 Å². The first-order valence-electron chi connectivity index (χ1n) is 8.80. The first-order chi connectivity index (χ1) is 14.3. The Labute approximate surface area is 173 Å². The van der Waals surface area contributed by atoms with Crippen LogP contribution in [0.15, 0.2) is 76.0 Å². The van der Waals surface area contributed by atoms with Crippen LogP contribution in [-0.2, 0) is 21.4 Å². The van der Waals surface area contributed by atoms with E-state index >= 15 is 0 Å². The molecular weight excluding hydrogens is 410 g/mol. The molecule has 2 aromatic carbocycles. The summed E-state index contributed by atoms with van der Waals surface area (Å²) in [6.07, 6.45) is 0. The van der Waals surface area contributed by atoms with Gasteiger partial charge in [0.2, 0.25) is 5.91 Å². The predicted molar refractivity (Wildman–Crippen MR) is 108 cm³/mol. The highest BCUT2D eigenvalue weighted by molar-refractivity contribution is 7.89. The maximum absolute atomic E-state index is 12.3. The van der Waals surface area contributed by atoms with Crippen LogP contribution < -0.4 is 20.3 Å². The highest BCUT2D eigenvalue weighted by Gasteiger charge is 2.18. The monoisotopic (exact) mass is 429 g/mol. The molecule has 0 atom stereocenters. The molecule has 10 heteroatoms. The number of rotatable bonds is 8. The summed E-state index contributed by atoms with van der Waals surface area (Å²) >= 11 is 0. The maximum atomic E-state index is 12.3. The molecule has 2 amide bonds. The molecule has 3 N–H and O–H groups in total. The summed E-state index contributed by atoms with van der Waals surface area (Å²) in [7, 11) is -4.01. The lowest BCUT2D eigenvalue weighted by atomic mass is 10.3. The van der Waals surface area contributed by atoms with Gasteiger partial charge in [0.1, 0.15) is 18.1 Å². The molecule has 3 aromatic rings. The van der Waals surface area contributed by atoms with Crippen molar-refractivity contribution in [1.82, 2.24) is 10.3 Å². The number of furan rings is 1. The Morgan fingerprint density at radius 1 is 0.967 bits per heavy atom. The van der Waals surface area contributed by atoms with Crippen LogP contribution in [0, 0.1) is 0 Å². The highest BCUT2D eigenvalue weighted by atomic mass is 32.2. The molecule has 0 radical (unpaired) electrons. The Morgan fingerprint density at radius 2 is 1.67 bits per heavy atom. The molecule has 0 aliphatic carbocycles. The second-order valence-electron chi connectivity index (χ2n) is 6.13. The highest BCUT2D eigenvalue weighted by Crippen LogP contribution is 2.15. The van der Waals surface area contributed by atoms with Crippen LogP contribution in [0.1, 0.15) is 23.2 Å². The molecule has 0 unspecified atom stereocenters. The molecular formula is C20H19N3O6S. The minimum atomic E-state index is -4.01. The zero-order chi connectivity index (χ0) is 21.6. The SMILES string of the molecule is CC(=O)Nc1ccc(S(=O)(=O)NNC(=O)c2ccc(COc3ccccc3)o2)cc1. The fourth-order valence-electron chi connectivity index (χ4n) is 2.40. The lowest BCUT2D eigenvalue weighted by Crippen LogP contribution is -2.41.